The Labute approximate surface area is 252 Å². The van der Waals surface area contributed by atoms with E-state index >= 15 is 0 Å². The van der Waals surface area contributed by atoms with Crippen LogP contribution in [0, 0.1) is 0 Å². The molecule has 0 fully saturated rings. The Kier molecular flexibility index (Phi) is 11.6. The van der Waals surface area contributed by atoms with Gasteiger partial charge in [-0.15, -0.1) is 0 Å². The Hall–Kier alpha value is -4.76. The lowest BCUT2D eigenvalue weighted by Gasteiger charge is -2.29. The second-order valence-corrected chi connectivity index (χ2v) is 10.4. The van der Waals surface area contributed by atoms with E-state index < -0.39 is 42.6 Å². The largest absolute Gasteiger partial charge is 0.442 e. The molecule has 9 heteroatoms. The Morgan fingerprint density at radius 3 is 1.67 bits per heavy atom. The number of nitrogens with zero attached hydrogens (tertiary/aromatic N) is 2. The first-order valence-corrected chi connectivity index (χ1v) is 14.4. The summed E-state index contributed by atoms with van der Waals surface area (Å²) in [4.78, 5) is 34.1. The van der Waals surface area contributed by atoms with Crippen molar-refractivity contribution in [2.24, 2.45) is 0 Å². The first kappa shape index (κ1) is 31.2. The lowest BCUT2D eigenvalue weighted by Crippen LogP contribution is -2.49. The molecule has 0 aliphatic rings. The number of aromatic nitrogens is 2. The average molecular weight is 583 g/mol. The smallest absolute Gasteiger partial charge is 0.408 e. The predicted octanol–water partition coefficient (Wildman–Crippen LogP) is 5.72. The highest BCUT2D eigenvalue weighted by molar-refractivity contribution is 5.68. The van der Waals surface area contributed by atoms with Crippen LogP contribution in [0.25, 0.3) is 0 Å². The summed E-state index contributed by atoms with van der Waals surface area (Å²) in [7, 11) is 0. The molecule has 4 rings (SSSR count). The molecule has 43 heavy (non-hydrogen) atoms. The van der Waals surface area contributed by atoms with Gasteiger partial charge in [-0.3, -0.25) is 9.97 Å². The van der Waals surface area contributed by atoms with Gasteiger partial charge in [0.1, 0.15) is 12.2 Å². The maximum Gasteiger partial charge on any atom is 0.408 e. The molecule has 3 N–H and O–H groups in total. The number of carbonyl (C=O) groups is 2. The zero-order valence-corrected chi connectivity index (χ0v) is 24.4. The van der Waals surface area contributed by atoms with Crippen LogP contribution >= 0.6 is 0 Å². The topological polar surface area (TPSA) is 123 Å². The second-order valence-electron chi connectivity index (χ2n) is 10.4. The van der Waals surface area contributed by atoms with Gasteiger partial charge in [0.2, 0.25) is 0 Å². The number of rotatable bonds is 13. The third kappa shape index (κ3) is 10.2. The summed E-state index contributed by atoms with van der Waals surface area (Å²) >= 11 is 0. The summed E-state index contributed by atoms with van der Waals surface area (Å²) in [5.41, 5.74) is 3.44. The summed E-state index contributed by atoms with van der Waals surface area (Å²) in [5, 5.41) is 17.3. The van der Waals surface area contributed by atoms with Crippen LogP contribution in [0.1, 0.15) is 54.7 Å². The van der Waals surface area contributed by atoms with Gasteiger partial charge in [-0.05, 0) is 56.4 Å². The van der Waals surface area contributed by atoms with Crippen LogP contribution in [0.2, 0.25) is 0 Å². The fourth-order valence-electron chi connectivity index (χ4n) is 4.78. The van der Waals surface area contributed by atoms with E-state index in [1.807, 2.05) is 72.8 Å². The van der Waals surface area contributed by atoms with E-state index in [2.05, 4.69) is 20.6 Å². The SMILES string of the molecule is CC(OC(=O)N[C@@H](Cc1ccccc1)[C@@H](O)C[C@H](Cc1ccccc1)NC(=O)O[C@@H](C)c1cccnc1)c1cccnc1. The van der Waals surface area contributed by atoms with Crippen molar-refractivity contribution in [3.05, 3.63) is 132 Å². The van der Waals surface area contributed by atoms with E-state index in [0.29, 0.717) is 12.8 Å². The van der Waals surface area contributed by atoms with Gasteiger partial charge in [0.25, 0.3) is 0 Å². The fourth-order valence-corrected chi connectivity index (χ4v) is 4.78. The number of aliphatic hydroxyl groups excluding tert-OH is 1. The number of hydrogen-bond donors (Lipinski definition) is 3. The number of alkyl carbamates (subject to hydrolysis) is 2. The molecule has 2 aromatic heterocycles. The average Bonchev–Trinajstić information content (AvgIpc) is 3.02. The molecular weight excluding hydrogens is 544 g/mol. The number of hydrogen-bond acceptors (Lipinski definition) is 7. The molecule has 9 nitrogen and oxygen atoms in total. The summed E-state index contributed by atoms with van der Waals surface area (Å²) < 4.78 is 11.2. The molecule has 4 aromatic rings. The standard InChI is InChI=1S/C34H38N4O5/c1-24(28-15-9-17-35-22-28)42-33(40)37-30(19-26-11-5-3-6-12-26)21-32(39)31(20-27-13-7-4-8-14-27)38-34(41)43-25(2)29-16-10-18-36-23-29/h3-18,22-25,30-32,39H,19-21H2,1-2H3,(H,37,40)(H,38,41)/t24-,25?,30-,31-,32-/m0/s1. The monoisotopic (exact) mass is 582 g/mol. The summed E-state index contributed by atoms with van der Waals surface area (Å²) in [6.07, 6.45) is 4.23. The number of carbonyl (C=O) groups excluding carboxylic acids is 2. The van der Waals surface area contributed by atoms with Crippen LogP contribution in [0.3, 0.4) is 0 Å². The number of amides is 2. The highest BCUT2D eigenvalue weighted by Crippen LogP contribution is 2.19. The Morgan fingerprint density at radius 2 is 1.19 bits per heavy atom. The van der Waals surface area contributed by atoms with Crippen LogP contribution in [-0.2, 0) is 22.3 Å². The van der Waals surface area contributed by atoms with Crippen molar-refractivity contribution >= 4 is 12.2 Å². The number of nitrogens with one attached hydrogen (secondary N) is 2. The molecular formula is C34H38N4O5. The highest BCUT2D eigenvalue weighted by atomic mass is 16.6. The molecule has 224 valence electrons. The Morgan fingerprint density at radius 1 is 0.698 bits per heavy atom. The van der Waals surface area contributed by atoms with E-state index in [9.17, 15) is 14.7 Å². The molecule has 0 bridgehead atoms. The van der Waals surface area contributed by atoms with E-state index in [-0.39, 0.29) is 6.42 Å². The van der Waals surface area contributed by atoms with Crippen molar-refractivity contribution in [1.29, 1.82) is 0 Å². The normalized spacial score (nSPS) is 14.4. The summed E-state index contributed by atoms with van der Waals surface area (Å²) in [6.45, 7) is 3.53. The van der Waals surface area contributed by atoms with Gasteiger partial charge < -0.3 is 25.2 Å². The molecule has 5 atom stereocenters. The van der Waals surface area contributed by atoms with Crippen molar-refractivity contribution in [2.75, 3.05) is 0 Å². The Bertz CT molecular complexity index is 1390. The molecule has 2 amide bonds. The Balaban J connectivity index is 1.47. The van der Waals surface area contributed by atoms with Crippen molar-refractivity contribution < 1.29 is 24.2 Å². The highest BCUT2D eigenvalue weighted by Gasteiger charge is 2.28. The first-order valence-electron chi connectivity index (χ1n) is 14.4. The minimum absolute atomic E-state index is 0.154. The van der Waals surface area contributed by atoms with Gasteiger partial charge in [0.15, 0.2) is 0 Å². The van der Waals surface area contributed by atoms with Gasteiger partial charge in [0, 0.05) is 42.0 Å². The van der Waals surface area contributed by atoms with E-state index in [0.717, 1.165) is 22.3 Å². The van der Waals surface area contributed by atoms with Crippen LogP contribution in [-0.4, -0.2) is 45.4 Å². The van der Waals surface area contributed by atoms with Crippen molar-refractivity contribution in [3.8, 4) is 0 Å². The molecule has 0 radical (unpaired) electrons. The molecule has 2 aromatic carbocycles. The molecule has 0 spiro atoms. The van der Waals surface area contributed by atoms with Gasteiger partial charge in [-0.25, -0.2) is 9.59 Å². The number of ether oxygens (including phenoxy) is 2. The van der Waals surface area contributed by atoms with E-state index in [4.69, 9.17) is 9.47 Å². The maximum absolute atomic E-state index is 13.0. The quantitative estimate of drug-likeness (QED) is 0.184. The third-order valence-electron chi connectivity index (χ3n) is 7.11. The maximum atomic E-state index is 13.0. The number of aliphatic hydroxyl groups is 1. The van der Waals surface area contributed by atoms with Crippen LogP contribution in [0.15, 0.2) is 110 Å². The number of pyridine rings is 2. The first-order chi connectivity index (χ1) is 20.9. The predicted molar refractivity (Wildman–Crippen MR) is 163 cm³/mol. The van der Waals surface area contributed by atoms with Gasteiger partial charge in [-0.1, -0.05) is 72.8 Å². The van der Waals surface area contributed by atoms with Gasteiger partial charge >= 0.3 is 12.2 Å². The van der Waals surface area contributed by atoms with Crippen molar-refractivity contribution in [2.45, 2.75) is 63.5 Å². The molecule has 2 heterocycles. The molecule has 1 unspecified atom stereocenters. The minimum atomic E-state index is -1.02. The lowest BCUT2D eigenvalue weighted by molar-refractivity contribution is 0.0722. The van der Waals surface area contributed by atoms with Crippen molar-refractivity contribution in [1.82, 2.24) is 20.6 Å². The van der Waals surface area contributed by atoms with E-state index in [1.54, 1.807) is 50.8 Å². The van der Waals surface area contributed by atoms with Crippen LogP contribution in [0.4, 0.5) is 9.59 Å². The third-order valence-corrected chi connectivity index (χ3v) is 7.11. The van der Waals surface area contributed by atoms with Gasteiger partial charge in [0.05, 0.1) is 12.1 Å². The van der Waals surface area contributed by atoms with Gasteiger partial charge in [-0.2, -0.15) is 0 Å². The zero-order chi connectivity index (χ0) is 30.4. The molecule has 0 saturated heterocycles. The van der Waals surface area contributed by atoms with Crippen LogP contribution in [0.5, 0.6) is 0 Å². The van der Waals surface area contributed by atoms with E-state index in [1.165, 1.54) is 0 Å². The molecule has 0 aliphatic heterocycles. The molecule has 0 saturated carbocycles. The summed E-state index contributed by atoms with van der Waals surface area (Å²) in [6, 6.07) is 25.3. The fraction of sp³-hybridized carbons (Fsp3) is 0.294. The minimum Gasteiger partial charge on any atom is -0.442 e. The summed E-state index contributed by atoms with van der Waals surface area (Å²) in [5.74, 6) is 0. The second kappa shape index (κ2) is 16.0. The van der Waals surface area contributed by atoms with Crippen LogP contribution < -0.4 is 10.6 Å². The number of benzene rings is 2. The lowest BCUT2D eigenvalue weighted by atomic mass is 9.94. The van der Waals surface area contributed by atoms with Crippen molar-refractivity contribution in [3.63, 3.8) is 0 Å². The molecule has 0 aliphatic carbocycles. The zero-order valence-electron chi connectivity index (χ0n) is 24.4.